The zero-order valence-electron chi connectivity index (χ0n) is 82.8. The molecule has 2 aromatic rings. The molecular formula is C79H180O20Si22. The molecule has 2 aromatic carbocycles. The van der Waals surface area contributed by atoms with Crippen LogP contribution in [0.15, 0.2) is 98.1 Å². The van der Waals surface area contributed by atoms with Crippen LogP contribution in [0.5, 0.6) is 0 Å². The lowest BCUT2D eigenvalue weighted by atomic mass is 10.1. The second kappa shape index (κ2) is 68.7. The van der Waals surface area contributed by atoms with Gasteiger partial charge in [0.05, 0.1) is 19.8 Å². The van der Waals surface area contributed by atoms with Crippen LogP contribution in [0.2, 0.25) is 260 Å². The van der Waals surface area contributed by atoms with Gasteiger partial charge >= 0.3 is 45.8 Å². The van der Waals surface area contributed by atoms with E-state index in [0.717, 1.165) is 80.1 Å². The Morgan fingerprint density at radius 3 is 0.967 bits per heavy atom. The van der Waals surface area contributed by atoms with Crippen molar-refractivity contribution < 1.29 is 87.1 Å². The Hall–Kier alpha value is -0.239. The topological polar surface area (TPSA) is 208 Å². The molecule has 42 heteroatoms. The van der Waals surface area contributed by atoms with E-state index in [0.29, 0.717) is 36.5 Å². The molecule has 0 fully saturated rings. The summed E-state index contributed by atoms with van der Waals surface area (Å²) in [7, 11) is -18.4. The number of ether oxygens (including phenoxy) is 3. The van der Waals surface area contributed by atoms with Crippen molar-refractivity contribution in [1.29, 1.82) is 0 Å². The molecule has 0 radical (unpaired) electrons. The zero-order valence-corrected chi connectivity index (χ0v) is 109. The molecule has 121 heavy (non-hydrogen) atoms. The Morgan fingerprint density at radius 1 is 0.364 bits per heavy atom. The van der Waals surface area contributed by atoms with E-state index in [4.69, 9.17) is 72.8 Å². The van der Waals surface area contributed by atoms with Gasteiger partial charge in [-0.15, -0.1) is 0 Å². The molecule has 0 aliphatic carbocycles. The largest absolute Gasteiger partial charge is 0.463 e. The lowest BCUT2D eigenvalue weighted by Crippen LogP contribution is -2.39. The van der Waals surface area contributed by atoms with Crippen LogP contribution in [0, 0.1) is 0 Å². The van der Waals surface area contributed by atoms with Gasteiger partial charge < -0.3 is 72.8 Å². The molecule has 0 saturated carbocycles. The van der Waals surface area contributed by atoms with Crippen molar-refractivity contribution in [3.8, 4) is 0 Å². The smallest absolute Gasteiger partial charge is 0.333 e. The highest BCUT2D eigenvalue weighted by Crippen LogP contribution is 2.24. The average molecular weight is 2070 g/mol. The second-order valence-electron chi connectivity index (χ2n) is 38.4. The molecule has 0 amide bonds. The summed E-state index contributed by atoms with van der Waals surface area (Å²) in [4.78, 5) is 33.8. The van der Waals surface area contributed by atoms with E-state index in [1.165, 1.54) is 64.2 Å². The molecule has 0 N–H and O–H groups in total. The molecule has 3 unspecified atom stereocenters. The van der Waals surface area contributed by atoms with Gasteiger partial charge in [-0.05, 0) is 329 Å². The summed E-state index contributed by atoms with van der Waals surface area (Å²) in [6.07, 6.45) is 7.57. The normalized spacial score (nSPS) is 13.9. The number of aryl methyl sites for hydroxylation is 1. The molecule has 3 atom stereocenters. The minimum Gasteiger partial charge on any atom is -0.463 e. The van der Waals surface area contributed by atoms with Crippen molar-refractivity contribution in [3.63, 3.8) is 0 Å². The van der Waals surface area contributed by atoms with Gasteiger partial charge in [-0.1, -0.05) is 93.6 Å². The minimum absolute atomic E-state index is 0.284. The third-order valence-electron chi connectivity index (χ3n) is 18.4. The van der Waals surface area contributed by atoms with E-state index in [-0.39, 0.29) is 37.4 Å². The molecule has 0 aliphatic rings. The number of benzene rings is 2. The van der Waals surface area contributed by atoms with Crippen LogP contribution < -0.4 is 5.19 Å². The molecule has 0 bridgehead atoms. The standard InChI is InChI=1S/C21H46O3Si6.2C15H36O5Si4.C14H34O5Si4.C14H28O2Si4/c1-9-20-10-12-21(13-11-20)14-15-25-23-29(5,6)19-17-27-24-30(7,8)18-16-26-22-28(2,3)4;2*1-14(2)15(16)18-10-9-11-21-19-24(7,8)13-12-22(17-3)20-23(4,5)6;1-13(2)14(15)17-9-8-10-20-18-23(6,7)12-11-22(16-3)19-21(4)5;1-6-13-7-9-14(10-8-13)18-16-20(4,5)12-11-17-15-19(2)3/h9-13H,1,14-19,25-27H2,2-8H3;2*22H,1,9-13,21H2,2-8H3;21-22H,1,8-12,20H2,2-7H3;6-10,19H,1,11-12,17-18H2,2-5H3. The van der Waals surface area contributed by atoms with Gasteiger partial charge in [0.1, 0.15) is 68.3 Å². The van der Waals surface area contributed by atoms with Crippen LogP contribution >= 0.6 is 0 Å². The van der Waals surface area contributed by atoms with Crippen LogP contribution in [-0.2, 0) is 93.6 Å². The predicted molar refractivity (Wildman–Crippen MR) is 580 cm³/mol. The fourth-order valence-corrected chi connectivity index (χ4v) is 73.8. The Labute approximate surface area is 777 Å². The van der Waals surface area contributed by atoms with Gasteiger partial charge in [-0.2, -0.15) is 0 Å². The first-order chi connectivity index (χ1) is 56.0. The number of esters is 3. The summed E-state index contributed by atoms with van der Waals surface area (Å²) in [6, 6.07) is 35.9. The van der Waals surface area contributed by atoms with E-state index >= 15 is 0 Å². The summed E-state index contributed by atoms with van der Waals surface area (Å²) < 4.78 is 100. The molecule has 0 spiro atoms. The SMILES string of the molecule is C=C(C)C(=O)OCCC[SiH2]O[Si](C)(C)CC[SiH](OC)O[SiH](C)C.C=C(C)C(=O)OCCC[SiH2]O[Si](C)(C)CC[SiH](OC)O[Si](C)(C)C.C=C(C)C(=O)OCCC[SiH2]O[Si](C)(C)CC[SiH](OC)O[Si](C)(C)C.C=Cc1ccc(CC[SiH2]O[Si](C)(C)CC[SiH2]O[Si](C)(C)CC[SiH2]O[Si](C)(C)C)cc1.C=Cc1ccc([SiH2]O[Si](C)(C)CC[SiH2]O[SiH](C)C)cc1. The van der Waals surface area contributed by atoms with Crippen molar-refractivity contribution in [2.24, 2.45) is 0 Å². The first-order valence-electron chi connectivity index (χ1n) is 44.6. The molecule has 0 saturated heterocycles. The van der Waals surface area contributed by atoms with Crippen LogP contribution in [-0.4, -0.2) is 258 Å². The maximum atomic E-state index is 11.3. The fraction of sp³-hybridized carbons (Fsp3) is 0.684. The lowest BCUT2D eigenvalue weighted by Gasteiger charge is -2.28. The van der Waals surface area contributed by atoms with E-state index in [1.54, 1.807) is 42.1 Å². The number of carbonyl (C=O) groups excluding carboxylic acids is 3. The maximum Gasteiger partial charge on any atom is 0.333 e. The third kappa shape index (κ3) is 80.4. The van der Waals surface area contributed by atoms with E-state index < -0.39 is 179 Å². The molecule has 0 aromatic heterocycles. The highest BCUT2D eigenvalue weighted by atomic mass is 28.4. The molecule has 2 rings (SSSR count). The summed E-state index contributed by atoms with van der Waals surface area (Å²) in [6.45, 7) is 81.6. The zero-order chi connectivity index (χ0) is 93.2. The van der Waals surface area contributed by atoms with E-state index in [1.807, 2.05) is 12.2 Å². The molecule has 20 nitrogen and oxygen atoms in total. The Balaban J connectivity index is -0.00000145. The molecular weight excluding hydrogens is 1890 g/mol. The predicted octanol–water partition coefficient (Wildman–Crippen LogP) is 14.4. The van der Waals surface area contributed by atoms with Gasteiger partial charge in [0, 0.05) is 38.0 Å². The summed E-state index contributed by atoms with van der Waals surface area (Å²) in [5, 5.41) is 1.39. The quantitative estimate of drug-likeness (QED) is 0.0198. The van der Waals surface area contributed by atoms with Gasteiger partial charge in [0.25, 0.3) is 0 Å². The highest BCUT2D eigenvalue weighted by Gasteiger charge is 2.32. The van der Waals surface area contributed by atoms with Crippen LogP contribution in [0.1, 0.15) is 56.7 Å². The van der Waals surface area contributed by atoms with Crippen molar-refractivity contribution in [2.75, 3.05) is 41.2 Å². The van der Waals surface area contributed by atoms with Gasteiger partial charge in [-0.25, -0.2) is 14.4 Å². The number of carbonyl (C=O) groups is 3. The van der Waals surface area contributed by atoms with Crippen LogP contribution in [0.4, 0.5) is 0 Å². The van der Waals surface area contributed by atoms with Crippen molar-refractivity contribution in [2.45, 2.75) is 307 Å². The van der Waals surface area contributed by atoms with Crippen molar-refractivity contribution in [3.05, 3.63) is 115 Å². The third-order valence-corrected chi connectivity index (χ3v) is 83.4. The van der Waals surface area contributed by atoms with Gasteiger partial charge in [0.2, 0.25) is 0 Å². The van der Waals surface area contributed by atoms with Crippen LogP contribution in [0.3, 0.4) is 0 Å². The Morgan fingerprint density at radius 2 is 0.661 bits per heavy atom. The fourth-order valence-electron chi connectivity index (χ4n) is 11.1. The summed E-state index contributed by atoms with van der Waals surface area (Å²) >= 11 is 0. The first-order valence-corrected chi connectivity index (χ1v) is 96.6. The first kappa shape index (κ1) is 125. The van der Waals surface area contributed by atoms with Crippen molar-refractivity contribution >= 4 is 234 Å². The lowest BCUT2D eigenvalue weighted by molar-refractivity contribution is -0.139. The second-order valence-corrected chi connectivity index (χ2v) is 106. The van der Waals surface area contributed by atoms with Gasteiger partial charge in [-0.3, -0.25) is 0 Å². The highest BCUT2D eigenvalue weighted by molar-refractivity contribution is 6.81. The number of hydrogen-bond donors (Lipinski definition) is 0. The Bertz CT molecular complexity index is 3030. The maximum absolute atomic E-state index is 11.3. The van der Waals surface area contributed by atoms with Crippen LogP contribution in [0.25, 0.3) is 12.2 Å². The monoisotopic (exact) mass is 2060 g/mol. The molecule has 0 heterocycles. The summed E-state index contributed by atoms with van der Waals surface area (Å²) in [5.74, 6) is -0.901. The van der Waals surface area contributed by atoms with Crippen molar-refractivity contribution in [1.82, 2.24) is 0 Å². The minimum atomic E-state index is -1.63. The summed E-state index contributed by atoms with van der Waals surface area (Å²) in [5.41, 5.74) is 5.16. The number of hydrogen-bond acceptors (Lipinski definition) is 20. The molecule has 704 valence electrons. The number of rotatable bonds is 64. The van der Waals surface area contributed by atoms with Gasteiger partial charge in [0.15, 0.2) is 103 Å². The van der Waals surface area contributed by atoms with E-state index in [9.17, 15) is 14.4 Å². The average Bonchev–Trinajstić information content (AvgIpc) is 0.889. The molecule has 0 aliphatic heterocycles. The Kier molecular flexibility index (Phi) is 71.0. The van der Waals surface area contributed by atoms with E-state index in [2.05, 4.69) is 245 Å².